The maximum Gasteiger partial charge on any atom is 0.273 e. The lowest BCUT2D eigenvalue weighted by molar-refractivity contribution is -0.384. The number of aromatic nitrogens is 3. The Morgan fingerprint density at radius 1 is 1.23 bits per heavy atom. The molecule has 0 spiro atoms. The summed E-state index contributed by atoms with van der Waals surface area (Å²) in [4.78, 5) is 21.7. The van der Waals surface area contributed by atoms with E-state index in [-0.39, 0.29) is 5.69 Å². The molecule has 0 atom stereocenters. The molecule has 0 aliphatic rings. The van der Waals surface area contributed by atoms with Crippen molar-refractivity contribution in [3.05, 3.63) is 52.5 Å². The quantitative estimate of drug-likeness (QED) is 0.583. The van der Waals surface area contributed by atoms with Crippen molar-refractivity contribution in [1.29, 1.82) is 0 Å². The first-order valence-electron chi connectivity index (χ1n) is 6.87. The van der Waals surface area contributed by atoms with Crippen LogP contribution >= 0.6 is 0 Å². The predicted molar refractivity (Wildman–Crippen MR) is 83.1 cm³/mol. The molecule has 1 aromatic carbocycles. The fourth-order valence-electron chi connectivity index (χ4n) is 1.87. The molecule has 22 heavy (non-hydrogen) atoms. The molecule has 2 aromatic heterocycles. The maximum absolute atomic E-state index is 10.8. The zero-order valence-corrected chi connectivity index (χ0v) is 12.5. The number of non-ortho nitro benzene ring substituents is 1. The van der Waals surface area contributed by atoms with E-state index in [1.165, 1.54) is 12.1 Å². The Labute approximate surface area is 127 Å². The van der Waals surface area contributed by atoms with Crippen LogP contribution < -0.4 is 4.74 Å². The molecule has 7 nitrogen and oxygen atoms in total. The number of nitro benzene ring substituents is 1. The van der Waals surface area contributed by atoms with E-state index in [0.717, 1.165) is 5.39 Å². The van der Waals surface area contributed by atoms with Crippen LogP contribution in [-0.4, -0.2) is 19.9 Å². The minimum atomic E-state index is -0.468. The Kier molecular flexibility index (Phi) is 4.67. The lowest BCUT2D eigenvalue weighted by atomic mass is 10.3. The van der Waals surface area contributed by atoms with E-state index in [2.05, 4.69) is 15.0 Å². The molecular weight excluding hydrogens is 284 g/mol. The summed E-state index contributed by atoms with van der Waals surface area (Å²) in [5, 5.41) is 11.5. The fraction of sp³-hybridized carbons (Fsp3) is 0.200. The molecule has 0 saturated heterocycles. The van der Waals surface area contributed by atoms with Gasteiger partial charge in [-0.2, -0.15) is 4.98 Å². The Morgan fingerprint density at radius 3 is 2.73 bits per heavy atom. The first kappa shape index (κ1) is 15.4. The molecule has 7 heteroatoms. The molecule has 0 fully saturated rings. The van der Waals surface area contributed by atoms with Gasteiger partial charge >= 0.3 is 0 Å². The van der Waals surface area contributed by atoms with E-state index in [0.29, 0.717) is 23.1 Å². The summed E-state index contributed by atoms with van der Waals surface area (Å²) >= 11 is 0. The Bertz CT molecular complexity index is 798. The number of nitro groups is 1. The highest BCUT2D eigenvalue weighted by molar-refractivity contribution is 5.81. The molecule has 2 heterocycles. The Morgan fingerprint density at radius 2 is 2.00 bits per heavy atom. The minimum Gasteiger partial charge on any atom is -0.438 e. The van der Waals surface area contributed by atoms with Gasteiger partial charge in [-0.15, -0.1) is 0 Å². The fourth-order valence-corrected chi connectivity index (χ4v) is 1.87. The lowest BCUT2D eigenvalue weighted by Crippen LogP contribution is -1.95. The number of H-pyrrole nitrogens is 1. The van der Waals surface area contributed by atoms with Gasteiger partial charge < -0.3 is 9.72 Å². The number of hydrogen-bond acceptors (Lipinski definition) is 5. The largest absolute Gasteiger partial charge is 0.438 e. The standard InChI is InChI=1S/C13H10N4O3.C2H6/c1-8-15-12-11(5-6-14-12)13(16-8)20-10-4-2-3-9(7-10)17(18)19;1-2/h2-7H,1H3,(H,14,15,16);1-2H3. The zero-order chi connectivity index (χ0) is 16.1. The van der Waals surface area contributed by atoms with Crippen LogP contribution in [0.15, 0.2) is 36.5 Å². The average Bonchev–Trinajstić information content (AvgIpc) is 2.98. The summed E-state index contributed by atoms with van der Waals surface area (Å²) in [6, 6.07) is 7.76. The number of nitrogens with zero attached hydrogens (tertiary/aromatic N) is 3. The number of benzene rings is 1. The maximum atomic E-state index is 10.8. The lowest BCUT2D eigenvalue weighted by Gasteiger charge is -2.06. The molecule has 0 aliphatic carbocycles. The van der Waals surface area contributed by atoms with Crippen molar-refractivity contribution in [2.24, 2.45) is 0 Å². The molecule has 0 saturated carbocycles. The van der Waals surface area contributed by atoms with Crippen molar-refractivity contribution in [3.63, 3.8) is 0 Å². The molecule has 0 radical (unpaired) electrons. The molecule has 0 aliphatic heterocycles. The summed E-state index contributed by atoms with van der Waals surface area (Å²) in [5.74, 6) is 1.29. The average molecular weight is 300 g/mol. The highest BCUT2D eigenvalue weighted by Crippen LogP contribution is 2.28. The first-order chi connectivity index (χ1) is 10.6. The van der Waals surface area contributed by atoms with Crippen molar-refractivity contribution >= 4 is 16.7 Å². The van der Waals surface area contributed by atoms with E-state index in [1.807, 2.05) is 13.8 Å². The van der Waals surface area contributed by atoms with Crippen molar-refractivity contribution in [1.82, 2.24) is 15.0 Å². The number of fused-ring (bicyclic) bond motifs is 1. The summed E-state index contributed by atoms with van der Waals surface area (Å²) in [5.41, 5.74) is 0.636. The molecule has 0 amide bonds. The summed E-state index contributed by atoms with van der Waals surface area (Å²) in [6.45, 7) is 5.75. The number of hydrogen-bond donors (Lipinski definition) is 1. The van der Waals surface area contributed by atoms with Gasteiger partial charge in [-0.05, 0) is 19.1 Å². The van der Waals surface area contributed by atoms with Gasteiger partial charge in [-0.3, -0.25) is 10.1 Å². The predicted octanol–water partition coefficient (Wildman–Crippen LogP) is 3.99. The second kappa shape index (κ2) is 6.66. The van der Waals surface area contributed by atoms with Gasteiger partial charge in [0.05, 0.1) is 16.4 Å². The van der Waals surface area contributed by atoms with Crippen molar-refractivity contribution in [3.8, 4) is 11.6 Å². The summed E-state index contributed by atoms with van der Waals surface area (Å²) in [6.07, 6.45) is 1.74. The second-order valence-electron chi connectivity index (χ2n) is 4.17. The molecule has 3 rings (SSSR count). The van der Waals surface area contributed by atoms with E-state index in [9.17, 15) is 10.1 Å². The molecule has 114 valence electrons. The normalized spacial score (nSPS) is 9.95. The number of aromatic amines is 1. The van der Waals surface area contributed by atoms with Crippen molar-refractivity contribution in [2.75, 3.05) is 0 Å². The highest BCUT2D eigenvalue weighted by Gasteiger charge is 2.11. The summed E-state index contributed by atoms with van der Waals surface area (Å²) in [7, 11) is 0. The van der Waals surface area contributed by atoms with Crippen LogP contribution in [0.25, 0.3) is 11.0 Å². The smallest absolute Gasteiger partial charge is 0.273 e. The van der Waals surface area contributed by atoms with Crippen LogP contribution in [0.3, 0.4) is 0 Å². The zero-order valence-electron chi connectivity index (χ0n) is 12.5. The third-order valence-electron chi connectivity index (χ3n) is 2.74. The third kappa shape index (κ3) is 3.20. The number of nitrogens with one attached hydrogen (secondary N) is 1. The summed E-state index contributed by atoms with van der Waals surface area (Å²) < 4.78 is 5.65. The number of rotatable bonds is 3. The Balaban J connectivity index is 0.000000847. The Hall–Kier alpha value is -2.96. The highest BCUT2D eigenvalue weighted by atomic mass is 16.6. The van der Waals surface area contributed by atoms with E-state index >= 15 is 0 Å². The van der Waals surface area contributed by atoms with Crippen LogP contribution in [0.4, 0.5) is 5.69 Å². The van der Waals surface area contributed by atoms with E-state index in [4.69, 9.17) is 4.74 Å². The second-order valence-corrected chi connectivity index (χ2v) is 4.17. The van der Waals surface area contributed by atoms with Gasteiger partial charge in [0.15, 0.2) is 0 Å². The van der Waals surface area contributed by atoms with Gasteiger partial charge in [0, 0.05) is 12.3 Å². The monoisotopic (exact) mass is 300 g/mol. The SMILES string of the molecule is CC.Cc1nc(Oc2cccc([N+](=O)[O-])c2)c2cc[nH]c2n1. The van der Waals surface area contributed by atoms with Crippen LogP contribution in [0, 0.1) is 17.0 Å². The third-order valence-corrected chi connectivity index (χ3v) is 2.74. The molecular formula is C15H16N4O3. The van der Waals surface area contributed by atoms with Crippen LogP contribution in [0.1, 0.15) is 19.7 Å². The number of aryl methyl sites for hydroxylation is 1. The van der Waals surface area contributed by atoms with Crippen LogP contribution in [0.5, 0.6) is 11.6 Å². The van der Waals surface area contributed by atoms with Crippen molar-refractivity contribution in [2.45, 2.75) is 20.8 Å². The molecule has 3 aromatic rings. The molecule has 0 bridgehead atoms. The van der Waals surface area contributed by atoms with Gasteiger partial charge in [0.1, 0.15) is 17.2 Å². The van der Waals surface area contributed by atoms with E-state index < -0.39 is 4.92 Å². The van der Waals surface area contributed by atoms with Crippen LogP contribution in [0.2, 0.25) is 0 Å². The molecule has 0 unspecified atom stereocenters. The number of ether oxygens (including phenoxy) is 1. The van der Waals surface area contributed by atoms with E-state index in [1.54, 1.807) is 31.3 Å². The topological polar surface area (TPSA) is 93.9 Å². The minimum absolute atomic E-state index is 0.0291. The van der Waals surface area contributed by atoms with Gasteiger partial charge in [0.25, 0.3) is 5.69 Å². The first-order valence-corrected chi connectivity index (χ1v) is 6.87. The van der Waals surface area contributed by atoms with Gasteiger partial charge in [0.2, 0.25) is 5.88 Å². The van der Waals surface area contributed by atoms with Crippen molar-refractivity contribution < 1.29 is 9.66 Å². The van der Waals surface area contributed by atoms with Gasteiger partial charge in [-0.25, -0.2) is 4.98 Å². The van der Waals surface area contributed by atoms with Crippen LogP contribution in [-0.2, 0) is 0 Å². The van der Waals surface area contributed by atoms with Gasteiger partial charge in [-0.1, -0.05) is 19.9 Å². The molecule has 1 N–H and O–H groups in total.